The second-order valence-electron chi connectivity index (χ2n) is 9.84. The summed E-state index contributed by atoms with van der Waals surface area (Å²) in [6.45, 7) is 3.01. The first-order valence-electron chi connectivity index (χ1n) is 12.6. The maximum absolute atomic E-state index is 12.2. The SMILES string of the molecule is CNc1ccc(-c2ccnc3c2cc(CN2CCC(c4ccc(C(=O)N(C)C)cc4)CC2)n3C)nc1. The van der Waals surface area contributed by atoms with Crippen LogP contribution in [-0.4, -0.2) is 64.5 Å². The Bertz CT molecular complexity index is 1350. The van der Waals surface area contributed by atoms with Gasteiger partial charge in [-0.25, -0.2) is 4.98 Å². The largest absolute Gasteiger partial charge is 0.387 e. The number of carbonyl (C=O) groups excluding carboxylic acids is 1. The highest BCUT2D eigenvalue weighted by Gasteiger charge is 2.22. The van der Waals surface area contributed by atoms with Gasteiger partial charge >= 0.3 is 0 Å². The van der Waals surface area contributed by atoms with Crippen LogP contribution >= 0.6 is 0 Å². The number of fused-ring (bicyclic) bond motifs is 1. The highest BCUT2D eigenvalue weighted by molar-refractivity contribution is 5.94. The van der Waals surface area contributed by atoms with Crippen LogP contribution in [0.3, 0.4) is 0 Å². The molecule has 1 N–H and O–H groups in total. The minimum atomic E-state index is 0.0507. The van der Waals surface area contributed by atoms with Gasteiger partial charge < -0.3 is 14.8 Å². The summed E-state index contributed by atoms with van der Waals surface area (Å²) in [4.78, 5) is 25.7. The Labute approximate surface area is 212 Å². The normalized spacial score (nSPS) is 14.8. The quantitative estimate of drug-likeness (QED) is 0.429. The number of aryl methyl sites for hydroxylation is 1. The Balaban J connectivity index is 1.28. The lowest BCUT2D eigenvalue weighted by atomic mass is 9.89. The molecule has 4 heterocycles. The number of nitrogens with zero attached hydrogens (tertiary/aromatic N) is 5. The molecule has 7 heteroatoms. The molecular formula is C29H34N6O. The lowest BCUT2D eigenvalue weighted by Gasteiger charge is -2.32. The van der Waals surface area contributed by atoms with E-state index >= 15 is 0 Å². The summed E-state index contributed by atoms with van der Waals surface area (Å²) in [5.74, 6) is 0.590. The number of hydrogen-bond donors (Lipinski definition) is 1. The van der Waals surface area contributed by atoms with Crippen molar-refractivity contribution in [3.8, 4) is 11.3 Å². The van der Waals surface area contributed by atoms with Gasteiger partial charge in [0.05, 0.1) is 17.6 Å². The molecule has 36 heavy (non-hydrogen) atoms. The highest BCUT2D eigenvalue weighted by Crippen LogP contribution is 2.32. The number of benzene rings is 1. The van der Waals surface area contributed by atoms with Gasteiger partial charge in [0.25, 0.3) is 5.91 Å². The fourth-order valence-electron chi connectivity index (χ4n) is 5.16. The van der Waals surface area contributed by atoms with Gasteiger partial charge in [-0.3, -0.25) is 14.7 Å². The van der Waals surface area contributed by atoms with E-state index in [1.807, 2.05) is 31.6 Å². The Morgan fingerprint density at radius 2 is 1.81 bits per heavy atom. The predicted octanol–water partition coefficient (Wildman–Crippen LogP) is 4.76. The van der Waals surface area contributed by atoms with E-state index in [0.717, 1.165) is 66.0 Å². The minimum absolute atomic E-state index is 0.0507. The van der Waals surface area contributed by atoms with Crippen LogP contribution in [0.4, 0.5) is 5.69 Å². The number of anilines is 1. The molecule has 186 valence electrons. The average molecular weight is 483 g/mol. The van der Waals surface area contributed by atoms with Crippen LogP contribution in [0, 0.1) is 0 Å². The van der Waals surface area contributed by atoms with E-state index in [4.69, 9.17) is 0 Å². The summed E-state index contributed by atoms with van der Waals surface area (Å²) >= 11 is 0. The Morgan fingerprint density at radius 1 is 1.06 bits per heavy atom. The van der Waals surface area contributed by atoms with E-state index in [0.29, 0.717) is 5.92 Å². The lowest BCUT2D eigenvalue weighted by Crippen LogP contribution is -2.33. The molecule has 1 saturated heterocycles. The molecule has 5 rings (SSSR count). The van der Waals surface area contributed by atoms with E-state index in [1.54, 1.807) is 19.0 Å². The molecular weight excluding hydrogens is 448 g/mol. The number of aromatic nitrogens is 3. The average Bonchev–Trinajstić information content (AvgIpc) is 3.24. The van der Waals surface area contributed by atoms with Gasteiger partial charge in [0, 0.05) is 63.1 Å². The molecule has 7 nitrogen and oxygen atoms in total. The number of hydrogen-bond acceptors (Lipinski definition) is 5. The van der Waals surface area contributed by atoms with Crippen LogP contribution in [0.2, 0.25) is 0 Å². The van der Waals surface area contributed by atoms with Gasteiger partial charge in [-0.05, 0) is 73.8 Å². The standard InChI is InChI=1S/C29H34N6O/c1-30-23-9-10-27(32-18-23)25-11-14-31-28-26(25)17-24(34(28)4)19-35-15-12-21(13-16-35)20-5-7-22(8-6-20)29(36)33(2)3/h5-11,14,17-18,21,30H,12-13,15-16,19H2,1-4H3. The first-order chi connectivity index (χ1) is 17.4. The number of nitrogens with one attached hydrogen (secondary N) is 1. The summed E-state index contributed by atoms with van der Waals surface area (Å²) in [5, 5.41) is 4.27. The maximum atomic E-state index is 12.2. The highest BCUT2D eigenvalue weighted by atomic mass is 16.2. The van der Waals surface area contributed by atoms with Crippen molar-refractivity contribution >= 4 is 22.6 Å². The third-order valence-corrected chi connectivity index (χ3v) is 7.37. The Kier molecular flexibility index (Phi) is 6.74. The fourth-order valence-corrected chi connectivity index (χ4v) is 5.16. The zero-order valence-electron chi connectivity index (χ0n) is 21.5. The van der Waals surface area contributed by atoms with Crippen LogP contribution in [0.5, 0.6) is 0 Å². The maximum Gasteiger partial charge on any atom is 0.253 e. The van der Waals surface area contributed by atoms with E-state index in [9.17, 15) is 4.79 Å². The molecule has 1 aliphatic rings. The first-order valence-corrected chi connectivity index (χ1v) is 12.6. The van der Waals surface area contributed by atoms with E-state index in [-0.39, 0.29) is 5.91 Å². The van der Waals surface area contributed by atoms with Gasteiger partial charge in [0.1, 0.15) is 5.65 Å². The predicted molar refractivity (Wildman–Crippen MR) is 145 cm³/mol. The van der Waals surface area contributed by atoms with Crippen LogP contribution in [0.15, 0.2) is 60.9 Å². The monoisotopic (exact) mass is 482 g/mol. The Morgan fingerprint density at radius 3 is 2.44 bits per heavy atom. The zero-order chi connectivity index (χ0) is 25.2. The van der Waals surface area contributed by atoms with Crippen LogP contribution in [-0.2, 0) is 13.6 Å². The number of carbonyl (C=O) groups is 1. The topological polar surface area (TPSA) is 66.3 Å². The molecule has 1 fully saturated rings. The molecule has 0 bridgehead atoms. The Hall–Kier alpha value is -3.71. The summed E-state index contributed by atoms with van der Waals surface area (Å²) < 4.78 is 2.22. The number of rotatable bonds is 6. The van der Waals surface area contributed by atoms with Crippen molar-refractivity contribution in [1.29, 1.82) is 0 Å². The number of likely N-dealkylation sites (tertiary alicyclic amines) is 1. The van der Waals surface area contributed by atoms with E-state index < -0.39 is 0 Å². The van der Waals surface area contributed by atoms with Crippen LogP contribution in [0.25, 0.3) is 22.3 Å². The third kappa shape index (κ3) is 4.71. The second kappa shape index (κ2) is 10.1. The van der Waals surface area contributed by atoms with Crippen molar-refractivity contribution in [3.05, 3.63) is 77.7 Å². The minimum Gasteiger partial charge on any atom is -0.387 e. The van der Waals surface area contributed by atoms with Crippen molar-refractivity contribution in [3.63, 3.8) is 0 Å². The molecule has 0 aliphatic carbocycles. The number of pyridine rings is 2. The molecule has 0 atom stereocenters. The van der Waals surface area contributed by atoms with Crippen LogP contribution < -0.4 is 5.32 Å². The van der Waals surface area contributed by atoms with Gasteiger partial charge in [0.15, 0.2) is 0 Å². The van der Waals surface area contributed by atoms with Crippen molar-refractivity contribution in [2.75, 3.05) is 39.5 Å². The summed E-state index contributed by atoms with van der Waals surface area (Å²) in [5.41, 5.74) is 7.40. The molecule has 0 radical (unpaired) electrons. The fraction of sp³-hybridized carbons (Fsp3) is 0.345. The number of amides is 1. The summed E-state index contributed by atoms with van der Waals surface area (Å²) in [6, 6.07) is 16.6. The van der Waals surface area contributed by atoms with Gasteiger partial charge in [-0.1, -0.05) is 12.1 Å². The van der Waals surface area contributed by atoms with E-state index in [1.165, 1.54) is 11.3 Å². The van der Waals surface area contributed by atoms with E-state index in [2.05, 4.69) is 68.2 Å². The van der Waals surface area contributed by atoms with Gasteiger partial charge in [-0.15, -0.1) is 0 Å². The molecule has 3 aromatic heterocycles. The first kappa shape index (κ1) is 24.0. The summed E-state index contributed by atoms with van der Waals surface area (Å²) in [7, 11) is 7.58. The van der Waals surface area contributed by atoms with Crippen molar-refractivity contribution in [1.82, 2.24) is 24.3 Å². The molecule has 0 spiro atoms. The lowest BCUT2D eigenvalue weighted by molar-refractivity contribution is 0.0827. The molecule has 0 saturated carbocycles. The summed E-state index contributed by atoms with van der Waals surface area (Å²) in [6.07, 6.45) is 5.98. The van der Waals surface area contributed by atoms with Gasteiger partial charge in [0.2, 0.25) is 0 Å². The third-order valence-electron chi connectivity index (χ3n) is 7.37. The number of piperidine rings is 1. The smallest absolute Gasteiger partial charge is 0.253 e. The van der Waals surface area contributed by atoms with Crippen LogP contribution in [0.1, 0.15) is 40.4 Å². The molecule has 1 aliphatic heterocycles. The molecule has 1 amide bonds. The van der Waals surface area contributed by atoms with Gasteiger partial charge in [-0.2, -0.15) is 0 Å². The second-order valence-corrected chi connectivity index (χ2v) is 9.84. The molecule has 4 aromatic rings. The molecule has 0 unspecified atom stereocenters. The van der Waals surface area contributed by atoms with Crippen molar-refractivity contribution < 1.29 is 4.79 Å². The zero-order valence-corrected chi connectivity index (χ0v) is 21.5. The van der Waals surface area contributed by atoms with Crippen molar-refractivity contribution in [2.24, 2.45) is 7.05 Å². The van der Waals surface area contributed by atoms with Crippen molar-refractivity contribution in [2.45, 2.75) is 25.3 Å². The molecule has 1 aromatic carbocycles.